The summed E-state index contributed by atoms with van der Waals surface area (Å²) in [4.78, 5) is 4.24. The maximum atomic E-state index is 5.67. The van der Waals surface area contributed by atoms with Gasteiger partial charge in [-0.15, -0.1) is 0 Å². The molecule has 0 saturated carbocycles. The minimum absolute atomic E-state index is 0.112. The quantitative estimate of drug-likeness (QED) is 0.916. The Hall–Kier alpha value is -1.81. The SMILES string of the molecule is Cc1cnc(C(C)NCC2COc3ccccc32)o1. The molecular weight excluding hydrogens is 240 g/mol. The molecule has 1 aromatic heterocycles. The van der Waals surface area contributed by atoms with Crippen molar-refractivity contribution in [2.24, 2.45) is 0 Å². The summed E-state index contributed by atoms with van der Waals surface area (Å²) in [6, 6.07) is 8.33. The molecule has 0 spiro atoms. The van der Waals surface area contributed by atoms with Crippen molar-refractivity contribution >= 4 is 0 Å². The Bertz CT molecular complexity index is 565. The van der Waals surface area contributed by atoms with E-state index in [2.05, 4.69) is 29.4 Å². The van der Waals surface area contributed by atoms with E-state index in [4.69, 9.17) is 9.15 Å². The highest BCUT2D eigenvalue weighted by Crippen LogP contribution is 2.33. The third kappa shape index (κ3) is 2.49. The van der Waals surface area contributed by atoms with E-state index in [-0.39, 0.29) is 6.04 Å². The maximum Gasteiger partial charge on any atom is 0.211 e. The number of ether oxygens (including phenoxy) is 1. The van der Waals surface area contributed by atoms with Gasteiger partial charge in [-0.3, -0.25) is 0 Å². The Balaban J connectivity index is 1.62. The number of nitrogens with zero attached hydrogens (tertiary/aromatic N) is 1. The molecule has 100 valence electrons. The van der Waals surface area contributed by atoms with Crippen LogP contribution in [0.4, 0.5) is 0 Å². The number of fused-ring (bicyclic) bond motifs is 1. The molecule has 0 amide bonds. The highest BCUT2D eigenvalue weighted by molar-refractivity contribution is 5.39. The van der Waals surface area contributed by atoms with Crippen molar-refractivity contribution in [1.29, 1.82) is 0 Å². The number of benzene rings is 1. The van der Waals surface area contributed by atoms with Crippen LogP contribution in [0.15, 0.2) is 34.9 Å². The molecular formula is C15H18N2O2. The van der Waals surface area contributed by atoms with Gasteiger partial charge < -0.3 is 14.5 Å². The minimum Gasteiger partial charge on any atom is -0.493 e. The third-order valence-corrected chi connectivity index (χ3v) is 3.48. The van der Waals surface area contributed by atoms with Crippen LogP contribution in [-0.4, -0.2) is 18.1 Å². The van der Waals surface area contributed by atoms with Crippen molar-refractivity contribution in [3.63, 3.8) is 0 Å². The number of rotatable bonds is 4. The fraction of sp³-hybridized carbons (Fsp3) is 0.400. The first kappa shape index (κ1) is 12.2. The van der Waals surface area contributed by atoms with E-state index < -0.39 is 0 Å². The molecule has 0 fully saturated rings. The van der Waals surface area contributed by atoms with Gasteiger partial charge in [0.05, 0.1) is 18.8 Å². The molecule has 1 aliphatic rings. The fourth-order valence-corrected chi connectivity index (χ4v) is 2.38. The molecule has 4 nitrogen and oxygen atoms in total. The molecule has 2 unspecified atom stereocenters. The molecule has 4 heteroatoms. The van der Waals surface area contributed by atoms with Crippen LogP contribution in [0.3, 0.4) is 0 Å². The fourth-order valence-electron chi connectivity index (χ4n) is 2.38. The highest BCUT2D eigenvalue weighted by Gasteiger charge is 2.24. The van der Waals surface area contributed by atoms with E-state index in [9.17, 15) is 0 Å². The summed E-state index contributed by atoms with van der Waals surface area (Å²) in [7, 11) is 0. The van der Waals surface area contributed by atoms with E-state index >= 15 is 0 Å². The summed E-state index contributed by atoms with van der Waals surface area (Å²) in [5.74, 6) is 2.99. The minimum atomic E-state index is 0.112. The monoisotopic (exact) mass is 258 g/mol. The van der Waals surface area contributed by atoms with Crippen molar-refractivity contribution in [3.05, 3.63) is 47.7 Å². The third-order valence-electron chi connectivity index (χ3n) is 3.48. The topological polar surface area (TPSA) is 47.3 Å². The summed E-state index contributed by atoms with van der Waals surface area (Å²) >= 11 is 0. The van der Waals surface area contributed by atoms with Crippen molar-refractivity contribution in [2.45, 2.75) is 25.8 Å². The van der Waals surface area contributed by atoms with Crippen LogP contribution in [0, 0.1) is 6.92 Å². The first-order chi connectivity index (χ1) is 9.24. The largest absolute Gasteiger partial charge is 0.493 e. The van der Waals surface area contributed by atoms with Gasteiger partial charge in [0.1, 0.15) is 11.5 Å². The lowest BCUT2D eigenvalue weighted by Crippen LogP contribution is -2.25. The predicted molar refractivity (Wildman–Crippen MR) is 72.3 cm³/mol. The second kappa shape index (κ2) is 5.05. The second-order valence-corrected chi connectivity index (χ2v) is 4.98. The lowest BCUT2D eigenvalue weighted by molar-refractivity contribution is 0.317. The summed E-state index contributed by atoms with van der Waals surface area (Å²) in [6.07, 6.45) is 1.75. The standard InChI is InChI=1S/C15H18N2O2/c1-10-7-17-15(19-10)11(2)16-8-12-9-18-14-6-4-3-5-13(12)14/h3-7,11-12,16H,8-9H2,1-2H3. The molecule has 1 aromatic carbocycles. The van der Waals surface area contributed by atoms with Crippen LogP contribution in [0.2, 0.25) is 0 Å². The van der Waals surface area contributed by atoms with Crippen molar-refractivity contribution in [3.8, 4) is 5.75 Å². The Kier molecular flexibility index (Phi) is 3.25. The van der Waals surface area contributed by atoms with E-state index in [1.807, 2.05) is 19.1 Å². The summed E-state index contributed by atoms with van der Waals surface area (Å²) in [6.45, 7) is 5.57. The van der Waals surface area contributed by atoms with Crippen LogP contribution in [-0.2, 0) is 0 Å². The average molecular weight is 258 g/mol. The van der Waals surface area contributed by atoms with Gasteiger partial charge in [-0.05, 0) is 19.9 Å². The number of para-hydroxylation sites is 1. The van der Waals surface area contributed by atoms with Gasteiger partial charge in [0.15, 0.2) is 0 Å². The molecule has 2 heterocycles. The normalized spacial score (nSPS) is 18.9. The summed E-state index contributed by atoms with van der Waals surface area (Å²) in [5.41, 5.74) is 1.28. The van der Waals surface area contributed by atoms with Gasteiger partial charge in [0.25, 0.3) is 0 Å². The van der Waals surface area contributed by atoms with E-state index in [0.717, 1.165) is 30.6 Å². The molecule has 2 atom stereocenters. The lowest BCUT2D eigenvalue weighted by atomic mass is 10.0. The van der Waals surface area contributed by atoms with Crippen molar-refractivity contribution in [1.82, 2.24) is 10.3 Å². The zero-order valence-corrected chi connectivity index (χ0v) is 11.2. The van der Waals surface area contributed by atoms with Gasteiger partial charge >= 0.3 is 0 Å². The molecule has 0 bridgehead atoms. The molecule has 0 aliphatic carbocycles. The van der Waals surface area contributed by atoms with Gasteiger partial charge in [-0.2, -0.15) is 0 Å². The number of aryl methyl sites for hydroxylation is 1. The number of nitrogens with one attached hydrogen (secondary N) is 1. The molecule has 2 aromatic rings. The zero-order chi connectivity index (χ0) is 13.2. The smallest absolute Gasteiger partial charge is 0.211 e. The number of aromatic nitrogens is 1. The van der Waals surface area contributed by atoms with Crippen LogP contribution in [0.5, 0.6) is 5.75 Å². The molecule has 19 heavy (non-hydrogen) atoms. The van der Waals surface area contributed by atoms with Crippen LogP contribution in [0.25, 0.3) is 0 Å². The lowest BCUT2D eigenvalue weighted by Gasteiger charge is -2.14. The first-order valence-corrected chi connectivity index (χ1v) is 6.61. The summed E-state index contributed by atoms with van der Waals surface area (Å²) in [5, 5.41) is 3.46. The average Bonchev–Trinajstić information content (AvgIpc) is 3.02. The maximum absolute atomic E-state index is 5.67. The Morgan fingerprint density at radius 3 is 3.05 bits per heavy atom. The van der Waals surface area contributed by atoms with Crippen LogP contribution >= 0.6 is 0 Å². The predicted octanol–water partition coefficient (Wildman–Crippen LogP) is 2.81. The van der Waals surface area contributed by atoms with Crippen LogP contribution < -0.4 is 10.1 Å². The molecule has 0 saturated heterocycles. The molecule has 1 N–H and O–H groups in total. The zero-order valence-electron chi connectivity index (χ0n) is 11.2. The number of hydrogen-bond acceptors (Lipinski definition) is 4. The van der Waals surface area contributed by atoms with E-state index in [1.54, 1.807) is 6.20 Å². The first-order valence-electron chi connectivity index (χ1n) is 6.61. The van der Waals surface area contributed by atoms with Gasteiger partial charge in [0, 0.05) is 18.0 Å². The molecule has 3 rings (SSSR count). The second-order valence-electron chi connectivity index (χ2n) is 4.98. The van der Waals surface area contributed by atoms with Gasteiger partial charge in [-0.25, -0.2) is 4.98 Å². The van der Waals surface area contributed by atoms with E-state index in [1.165, 1.54) is 5.56 Å². The number of oxazole rings is 1. The molecule has 1 aliphatic heterocycles. The Labute approximate surface area is 112 Å². The van der Waals surface area contributed by atoms with Crippen molar-refractivity contribution in [2.75, 3.05) is 13.2 Å². The van der Waals surface area contributed by atoms with E-state index in [0.29, 0.717) is 5.92 Å². The number of hydrogen-bond donors (Lipinski definition) is 1. The van der Waals surface area contributed by atoms with Gasteiger partial charge in [0.2, 0.25) is 5.89 Å². The summed E-state index contributed by atoms with van der Waals surface area (Å²) < 4.78 is 11.2. The Morgan fingerprint density at radius 1 is 1.42 bits per heavy atom. The molecule has 0 radical (unpaired) electrons. The van der Waals surface area contributed by atoms with Crippen molar-refractivity contribution < 1.29 is 9.15 Å². The Morgan fingerprint density at radius 2 is 2.26 bits per heavy atom. The highest BCUT2D eigenvalue weighted by atomic mass is 16.5. The van der Waals surface area contributed by atoms with Crippen LogP contribution in [0.1, 0.15) is 36.1 Å². The van der Waals surface area contributed by atoms with Gasteiger partial charge in [-0.1, -0.05) is 18.2 Å².